The summed E-state index contributed by atoms with van der Waals surface area (Å²) in [7, 11) is 1.79. The normalized spacial score (nSPS) is 19.4. The number of piperidine rings is 2. The Morgan fingerprint density at radius 2 is 1.94 bits per heavy atom. The van der Waals surface area contributed by atoms with Gasteiger partial charge in [0.2, 0.25) is 5.91 Å². The Balaban J connectivity index is 1.40. The second-order valence-electron chi connectivity index (χ2n) is 11.3. The Bertz CT molecular complexity index is 982. The molecular weight excluding hydrogens is 438 g/mol. The Hall–Kier alpha value is -1.86. The first-order chi connectivity index (χ1) is 15.6. The average molecular weight is 476 g/mol. The van der Waals surface area contributed by atoms with Crippen LogP contribution in [0.5, 0.6) is 0 Å². The lowest BCUT2D eigenvalue weighted by Gasteiger charge is -2.48. The third-order valence-electron chi connectivity index (χ3n) is 7.38. The van der Waals surface area contributed by atoms with E-state index >= 15 is 0 Å². The topological polar surface area (TPSA) is 67.4 Å². The van der Waals surface area contributed by atoms with Crippen molar-refractivity contribution in [3.8, 4) is 11.4 Å². The minimum atomic E-state index is 0.126. The van der Waals surface area contributed by atoms with E-state index in [1.807, 2.05) is 13.0 Å². The van der Waals surface area contributed by atoms with Crippen molar-refractivity contribution >= 4 is 17.5 Å². The van der Waals surface area contributed by atoms with Gasteiger partial charge in [0, 0.05) is 31.8 Å². The highest BCUT2D eigenvalue weighted by atomic mass is 35.5. The van der Waals surface area contributed by atoms with Crippen LogP contribution in [0.15, 0.2) is 10.6 Å². The molecule has 1 amide bonds. The number of carbonyl (C=O) groups is 1. The molecule has 4 rings (SSSR count). The third-order valence-corrected chi connectivity index (χ3v) is 7.85. The van der Waals surface area contributed by atoms with E-state index in [4.69, 9.17) is 16.1 Å². The van der Waals surface area contributed by atoms with Gasteiger partial charge in [-0.25, -0.2) is 0 Å². The summed E-state index contributed by atoms with van der Waals surface area (Å²) in [6, 6.07) is 1.83. The molecule has 0 atom stereocenters. The standard InChI is InChI=1S/C25H38ClN5O2/c1-18-15-20(28-33-18)22-19(23(26)29(5)27-22)16-21(32)31-11-6-7-25(17-31)9-13-30(14-10-25)12-8-24(2,3)4/h15H,6-14,16-17H2,1-5H3. The molecule has 0 unspecified atom stereocenters. The van der Waals surface area contributed by atoms with Crippen LogP contribution in [0, 0.1) is 17.8 Å². The molecular formula is C25H38ClN5O2. The SMILES string of the molecule is Cc1cc(-c2nn(C)c(Cl)c2CC(=O)N2CCCC3(CCN(CCC(C)(C)C)CC3)C2)no1. The minimum absolute atomic E-state index is 0.126. The van der Waals surface area contributed by atoms with Gasteiger partial charge in [0.1, 0.15) is 22.3 Å². The molecule has 4 heterocycles. The lowest BCUT2D eigenvalue weighted by atomic mass is 9.72. The highest BCUT2D eigenvalue weighted by Crippen LogP contribution is 2.40. The van der Waals surface area contributed by atoms with Crippen molar-refractivity contribution in [1.29, 1.82) is 0 Å². The Morgan fingerprint density at radius 3 is 2.58 bits per heavy atom. The predicted molar refractivity (Wildman–Crippen MR) is 130 cm³/mol. The van der Waals surface area contributed by atoms with Gasteiger partial charge in [-0.2, -0.15) is 5.10 Å². The molecule has 2 saturated heterocycles. The minimum Gasteiger partial charge on any atom is -0.361 e. The first-order valence-corrected chi connectivity index (χ1v) is 12.6. The van der Waals surface area contributed by atoms with E-state index in [0.29, 0.717) is 27.7 Å². The first kappa shape index (κ1) is 24.3. The van der Waals surface area contributed by atoms with E-state index in [0.717, 1.165) is 38.2 Å². The molecule has 0 aliphatic carbocycles. The van der Waals surface area contributed by atoms with Crippen LogP contribution in [-0.4, -0.2) is 63.4 Å². The van der Waals surface area contributed by atoms with E-state index in [1.165, 1.54) is 32.2 Å². The number of likely N-dealkylation sites (tertiary alicyclic amines) is 2. The molecule has 2 aliphatic heterocycles. The maximum Gasteiger partial charge on any atom is 0.227 e. The number of halogens is 1. The largest absolute Gasteiger partial charge is 0.361 e. The van der Waals surface area contributed by atoms with Gasteiger partial charge in [0.25, 0.3) is 0 Å². The molecule has 0 N–H and O–H groups in total. The maximum atomic E-state index is 13.4. The highest BCUT2D eigenvalue weighted by molar-refractivity contribution is 6.31. The number of aromatic nitrogens is 3. The molecule has 182 valence electrons. The van der Waals surface area contributed by atoms with Crippen LogP contribution in [0.1, 0.15) is 64.2 Å². The van der Waals surface area contributed by atoms with Crippen molar-refractivity contribution in [2.24, 2.45) is 17.9 Å². The van der Waals surface area contributed by atoms with Crippen molar-refractivity contribution in [1.82, 2.24) is 24.7 Å². The van der Waals surface area contributed by atoms with E-state index in [-0.39, 0.29) is 17.7 Å². The van der Waals surface area contributed by atoms with E-state index < -0.39 is 0 Å². The molecule has 7 nitrogen and oxygen atoms in total. The quantitative estimate of drug-likeness (QED) is 0.625. The van der Waals surface area contributed by atoms with Crippen LogP contribution in [-0.2, 0) is 18.3 Å². The van der Waals surface area contributed by atoms with Gasteiger partial charge in [-0.15, -0.1) is 0 Å². The summed E-state index contributed by atoms with van der Waals surface area (Å²) >= 11 is 6.54. The second kappa shape index (κ2) is 9.41. The van der Waals surface area contributed by atoms with Crippen LogP contribution in [0.4, 0.5) is 0 Å². The van der Waals surface area contributed by atoms with Gasteiger partial charge in [-0.05, 0) is 69.5 Å². The summed E-state index contributed by atoms with van der Waals surface area (Å²) in [6.45, 7) is 13.9. The molecule has 0 bridgehead atoms. The van der Waals surface area contributed by atoms with Crippen molar-refractivity contribution in [3.63, 3.8) is 0 Å². The summed E-state index contributed by atoms with van der Waals surface area (Å²) < 4.78 is 6.83. The monoisotopic (exact) mass is 475 g/mol. The molecule has 1 spiro atoms. The van der Waals surface area contributed by atoms with Gasteiger partial charge >= 0.3 is 0 Å². The van der Waals surface area contributed by atoms with E-state index in [9.17, 15) is 4.79 Å². The fourth-order valence-electron chi connectivity index (χ4n) is 5.22. The summed E-state index contributed by atoms with van der Waals surface area (Å²) in [6.07, 6.45) is 6.12. The van der Waals surface area contributed by atoms with Crippen molar-refractivity contribution in [2.45, 2.75) is 66.2 Å². The Kier molecular flexibility index (Phi) is 6.92. The molecule has 8 heteroatoms. The average Bonchev–Trinajstić information content (AvgIpc) is 3.31. The zero-order valence-electron chi connectivity index (χ0n) is 20.8. The Labute approximate surface area is 202 Å². The van der Waals surface area contributed by atoms with Gasteiger partial charge in [-0.3, -0.25) is 9.48 Å². The van der Waals surface area contributed by atoms with Crippen LogP contribution in [0.25, 0.3) is 11.4 Å². The zero-order chi connectivity index (χ0) is 23.8. The maximum absolute atomic E-state index is 13.4. The van der Waals surface area contributed by atoms with Gasteiger partial charge in [0.05, 0.1) is 6.42 Å². The second-order valence-corrected chi connectivity index (χ2v) is 11.7. The summed E-state index contributed by atoms with van der Waals surface area (Å²) in [5.41, 5.74) is 2.62. The zero-order valence-corrected chi connectivity index (χ0v) is 21.5. The van der Waals surface area contributed by atoms with Crippen LogP contribution >= 0.6 is 11.6 Å². The lowest BCUT2D eigenvalue weighted by molar-refractivity contribution is -0.135. The molecule has 0 aromatic carbocycles. The van der Waals surface area contributed by atoms with Gasteiger partial charge in [-0.1, -0.05) is 37.5 Å². The summed E-state index contributed by atoms with van der Waals surface area (Å²) in [4.78, 5) is 18.1. The molecule has 33 heavy (non-hydrogen) atoms. The first-order valence-electron chi connectivity index (χ1n) is 12.2. The van der Waals surface area contributed by atoms with Crippen molar-refractivity contribution < 1.29 is 9.32 Å². The number of nitrogens with zero attached hydrogens (tertiary/aromatic N) is 5. The number of amides is 1. The lowest BCUT2D eigenvalue weighted by Crippen LogP contribution is -2.51. The van der Waals surface area contributed by atoms with Crippen molar-refractivity contribution in [2.75, 3.05) is 32.7 Å². The van der Waals surface area contributed by atoms with E-state index in [2.05, 4.69) is 40.8 Å². The van der Waals surface area contributed by atoms with Crippen molar-refractivity contribution in [3.05, 3.63) is 22.5 Å². The number of aryl methyl sites for hydroxylation is 2. The fraction of sp³-hybridized carbons (Fsp3) is 0.720. The smallest absolute Gasteiger partial charge is 0.227 e. The van der Waals surface area contributed by atoms with Gasteiger partial charge < -0.3 is 14.3 Å². The van der Waals surface area contributed by atoms with Gasteiger partial charge in [0.15, 0.2) is 0 Å². The molecule has 2 aliphatic rings. The molecule has 0 radical (unpaired) electrons. The van der Waals surface area contributed by atoms with E-state index in [1.54, 1.807) is 11.7 Å². The predicted octanol–water partition coefficient (Wildman–Crippen LogP) is 4.72. The third kappa shape index (κ3) is 5.62. The van der Waals surface area contributed by atoms with Crippen LogP contribution in [0.2, 0.25) is 5.15 Å². The van der Waals surface area contributed by atoms with Crippen LogP contribution in [0.3, 0.4) is 0 Å². The molecule has 2 aromatic heterocycles. The number of rotatable bonds is 5. The number of hydrogen-bond acceptors (Lipinski definition) is 5. The summed E-state index contributed by atoms with van der Waals surface area (Å²) in [5, 5.41) is 9.08. The number of hydrogen-bond donors (Lipinski definition) is 0. The summed E-state index contributed by atoms with van der Waals surface area (Å²) in [5.74, 6) is 0.830. The number of carbonyl (C=O) groups excluding carboxylic acids is 1. The molecule has 0 saturated carbocycles. The molecule has 2 fully saturated rings. The fourth-order valence-corrected chi connectivity index (χ4v) is 5.42. The Morgan fingerprint density at radius 1 is 1.21 bits per heavy atom. The van der Waals surface area contributed by atoms with Crippen LogP contribution < -0.4 is 0 Å². The molecule has 2 aromatic rings. The highest BCUT2D eigenvalue weighted by Gasteiger charge is 2.40.